The molecule has 5 rings (SSSR count). The summed E-state index contributed by atoms with van der Waals surface area (Å²) in [6, 6.07) is 9.82. The van der Waals surface area contributed by atoms with Gasteiger partial charge >= 0.3 is 0 Å². The highest BCUT2D eigenvalue weighted by molar-refractivity contribution is 5.87. The van der Waals surface area contributed by atoms with Crippen molar-refractivity contribution in [3.8, 4) is 17.3 Å². The van der Waals surface area contributed by atoms with Crippen molar-refractivity contribution in [1.29, 1.82) is 0 Å². The van der Waals surface area contributed by atoms with Crippen molar-refractivity contribution < 1.29 is 4.52 Å². The second-order valence-electron chi connectivity index (χ2n) is 6.72. The van der Waals surface area contributed by atoms with Crippen LogP contribution in [-0.2, 0) is 5.54 Å². The summed E-state index contributed by atoms with van der Waals surface area (Å²) in [5.41, 5.74) is 9.00. The molecule has 8 nitrogen and oxygen atoms in total. The maximum atomic E-state index is 6.28. The molecule has 0 amide bonds. The molecule has 3 heterocycles. The van der Waals surface area contributed by atoms with E-state index in [4.69, 9.17) is 10.3 Å². The van der Waals surface area contributed by atoms with Gasteiger partial charge in [0.1, 0.15) is 0 Å². The highest BCUT2D eigenvalue weighted by Crippen LogP contribution is 2.37. The number of nitrogens with zero attached hydrogens (tertiary/aromatic N) is 6. The number of benzene rings is 1. The minimum absolute atomic E-state index is 0.346. The van der Waals surface area contributed by atoms with Crippen LogP contribution < -0.4 is 5.73 Å². The molecule has 3 aromatic heterocycles. The van der Waals surface area contributed by atoms with Crippen molar-refractivity contribution in [2.24, 2.45) is 5.73 Å². The molecule has 0 aliphatic heterocycles. The fraction of sp³-hybridized carbons (Fsp3) is 0.278. The Morgan fingerprint density at radius 2 is 2.08 bits per heavy atom. The normalized spacial score (nSPS) is 15.9. The van der Waals surface area contributed by atoms with Crippen molar-refractivity contribution in [3.63, 3.8) is 0 Å². The average molecular weight is 347 g/mol. The number of fused-ring (bicyclic) bond motifs is 1. The first-order valence-corrected chi connectivity index (χ1v) is 8.56. The molecule has 1 aromatic carbocycles. The van der Waals surface area contributed by atoms with E-state index in [-0.39, 0.29) is 0 Å². The Hall–Kier alpha value is -3.13. The van der Waals surface area contributed by atoms with Gasteiger partial charge < -0.3 is 10.3 Å². The number of hydrogen-bond acceptors (Lipinski definition) is 7. The van der Waals surface area contributed by atoms with E-state index in [1.807, 2.05) is 37.3 Å². The lowest BCUT2D eigenvalue weighted by molar-refractivity contribution is 0.229. The van der Waals surface area contributed by atoms with E-state index in [1.165, 1.54) is 0 Å². The van der Waals surface area contributed by atoms with Crippen LogP contribution in [0.3, 0.4) is 0 Å². The summed E-state index contributed by atoms with van der Waals surface area (Å²) in [6.45, 7) is 1.93. The molecule has 1 fully saturated rings. The Balaban J connectivity index is 1.59. The third-order valence-corrected chi connectivity index (χ3v) is 5.07. The first-order chi connectivity index (χ1) is 12.7. The Kier molecular flexibility index (Phi) is 3.17. The summed E-state index contributed by atoms with van der Waals surface area (Å²) in [7, 11) is 0. The average Bonchev–Trinajstić information content (AvgIpc) is 3.26. The Morgan fingerprint density at radius 3 is 2.88 bits per heavy atom. The molecule has 0 unspecified atom stereocenters. The predicted molar refractivity (Wildman–Crippen MR) is 94.4 cm³/mol. The molecule has 130 valence electrons. The SMILES string of the molecule is Cc1c(-c2nc(C3(N)CCC3)no2)nnn1-c1cccc2ncccc12. The summed E-state index contributed by atoms with van der Waals surface area (Å²) >= 11 is 0. The Labute approximate surface area is 149 Å². The van der Waals surface area contributed by atoms with Gasteiger partial charge in [-0.05, 0) is 50.5 Å². The zero-order valence-corrected chi connectivity index (χ0v) is 14.3. The number of rotatable bonds is 3. The van der Waals surface area contributed by atoms with Gasteiger partial charge in [-0.15, -0.1) is 5.10 Å². The first-order valence-electron chi connectivity index (χ1n) is 8.56. The zero-order valence-electron chi connectivity index (χ0n) is 14.3. The van der Waals surface area contributed by atoms with Gasteiger partial charge in [-0.1, -0.05) is 16.4 Å². The summed E-state index contributed by atoms with van der Waals surface area (Å²) in [5, 5.41) is 13.6. The molecule has 2 N–H and O–H groups in total. The van der Waals surface area contributed by atoms with Crippen LogP contribution in [0.2, 0.25) is 0 Å². The smallest absolute Gasteiger partial charge is 0.280 e. The standard InChI is InChI=1S/C18H17N7O/c1-11-15(16-21-17(23-26-16)18(19)8-4-9-18)22-24-25(11)14-7-2-6-13-12(14)5-3-10-20-13/h2-3,5-7,10H,4,8-9,19H2,1H3. The lowest BCUT2D eigenvalue weighted by Crippen LogP contribution is -2.44. The molecular formula is C18H17N7O. The van der Waals surface area contributed by atoms with E-state index in [1.54, 1.807) is 10.9 Å². The molecular weight excluding hydrogens is 330 g/mol. The summed E-state index contributed by atoms with van der Waals surface area (Å²) < 4.78 is 7.19. The van der Waals surface area contributed by atoms with Gasteiger partial charge in [-0.3, -0.25) is 4.98 Å². The zero-order chi connectivity index (χ0) is 17.7. The highest BCUT2D eigenvalue weighted by atomic mass is 16.5. The van der Waals surface area contributed by atoms with Crippen molar-refractivity contribution in [2.45, 2.75) is 31.7 Å². The maximum absolute atomic E-state index is 6.28. The third-order valence-electron chi connectivity index (χ3n) is 5.07. The Morgan fingerprint density at radius 1 is 1.19 bits per heavy atom. The number of aromatic nitrogens is 6. The third kappa shape index (κ3) is 2.15. The molecule has 1 saturated carbocycles. The van der Waals surface area contributed by atoms with E-state index < -0.39 is 5.54 Å². The number of nitrogens with two attached hydrogens (primary N) is 1. The molecule has 4 aromatic rings. The van der Waals surface area contributed by atoms with Crippen LogP contribution in [0.4, 0.5) is 0 Å². The fourth-order valence-electron chi connectivity index (χ4n) is 3.33. The van der Waals surface area contributed by atoms with Crippen molar-refractivity contribution in [2.75, 3.05) is 0 Å². The van der Waals surface area contributed by atoms with E-state index >= 15 is 0 Å². The van der Waals surface area contributed by atoms with E-state index in [9.17, 15) is 0 Å². The van der Waals surface area contributed by atoms with Gasteiger partial charge in [-0.25, -0.2) is 4.68 Å². The largest absolute Gasteiger partial charge is 0.332 e. The second-order valence-corrected chi connectivity index (χ2v) is 6.72. The number of hydrogen-bond donors (Lipinski definition) is 1. The Bertz CT molecular complexity index is 1100. The van der Waals surface area contributed by atoms with Crippen LogP contribution in [-0.4, -0.2) is 30.1 Å². The van der Waals surface area contributed by atoms with E-state index in [2.05, 4.69) is 25.4 Å². The molecule has 0 radical (unpaired) electrons. The molecule has 0 bridgehead atoms. The van der Waals surface area contributed by atoms with Crippen LogP contribution in [0.5, 0.6) is 0 Å². The lowest BCUT2D eigenvalue weighted by Gasteiger charge is -2.34. The van der Waals surface area contributed by atoms with Gasteiger partial charge in [0.05, 0.1) is 22.4 Å². The van der Waals surface area contributed by atoms with Crippen LogP contribution in [0.25, 0.3) is 28.2 Å². The maximum Gasteiger partial charge on any atom is 0.280 e. The molecule has 1 aliphatic rings. The highest BCUT2D eigenvalue weighted by Gasteiger charge is 2.39. The van der Waals surface area contributed by atoms with Gasteiger partial charge in [0.15, 0.2) is 11.5 Å². The van der Waals surface area contributed by atoms with Gasteiger partial charge in [0.25, 0.3) is 5.89 Å². The van der Waals surface area contributed by atoms with Crippen LogP contribution in [0.1, 0.15) is 30.8 Å². The van der Waals surface area contributed by atoms with Crippen molar-refractivity contribution in [3.05, 3.63) is 48.0 Å². The minimum Gasteiger partial charge on any atom is -0.332 e. The summed E-state index contributed by atoms with van der Waals surface area (Å²) in [4.78, 5) is 8.87. The van der Waals surface area contributed by atoms with Gasteiger partial charge in [-0.2, -0.15) is 4.98 Å². The van der Waals surface area contributed by atoms with Gasteiger partial charge in [0, 0.05) is 11.6 Å². The fourth-order valence-corrected chi connectivity index (χ4v) is 3.33. The molecule has 0 atom stereocenters. The minimum atomic E-state index is -0.465. The van der Waals surface area contributed by atoms with Crippen LogP contribution >= 0.6 is 0 Å². The summed E-state index contributed by atoms with van der Waals surface area (Å²) in [6.07, 6.45) is 4.61. The predicted octanol–water partition coefficient (Wildman–Crippen LogP) is 2.51. The first kappa shape index (κ1) is 15.2. The molecule has 0 spiro atoms. The second kappa shape index (κ2) is 5.43. The molecule has 0 saturated heterocycles. The quantitative estimate of drug-likeness (QED) is 0.606. The molecule has 1 aliphatic carbocycles. The molecule has 8 heteroatoms. The number of pyridine rings is 1. The molecule has 26 heavy (non-hydrogen) atoms. The monoisotopic (exact) mass is 347 g/mol. The van der Waals surface area contributed by atoms with Crippen LogP contribution in [0, 0.1) is 6.92 Å². The lowest BCUT2D eigenvalue weighted by atomic mass is 9.77. The van der Waals surface area contributed by atoms with Crippen molar-refractivity contribution >= 4 is 10.9 Å². The van der Waals surface area contributed by atoms with Crippen LogP contribution in [0.15, 0.2) is 41.1 Å². The van der Waals surface area contributed by atoms with Gasteiger partial charge in [0.2, 0.25) is 0 Å². The topological polar surface area (TPSA) is 109 Å². The van der Waals surface area contributed by atoms with Crippen molar-refractivity contribution in [1.82, 2.24) is 30.1 Å². The van der Waals surface area contributed by atoms with E-state index in [0.717, 1.165) is 41.5 Å². The summed E-state index contributed by atoms with van der Waals surface area (Å²) in [5.74, 6) is 0.890. The van der Waals surface area contributed by atoms with E-state index in [0.29, 0.717) is 17.4 Å².